The van der Waals surface area contributed by atoms with Crippen molar-refractivity contribution in [3.63, 3.8) is 0 Å². The Bertz CT molecular complexity index is 987. The topological polar surface area (TPSA) is 171 Å². The highest BCUT2D eigenvalue weighted by atomic mass is 32.1. The molecule has 3 atom stereocenters. The average molecular weight is 489 g/mol. The van der Waals surface area contributed by atoms with Gasteiger partial charge in [-0.1, -0.05) is 42.5 Å². The number of phenolic OH excluding ortho intramolecular Hbond substituents is 1. The second-order valence-electron chi connectivity index (χ2n) is 7.58. The van der Waals surface area contributed by atoms with E-state index in [9.17, 15) is 24.3 Å². The lowest BCUT2D eigenvalue weighted by Crippen LogP contribution is -2.57. The van der Waals surface area contributed by atoms with Crippen LogP contribution in [0.25, 0.3) is 0 Å². The van der Waals surface area contributed by atoms with E-state index in [2.05, 4.69) is 28.6 Å². The Morgan fingerprint density at radius 3 is 2.00 bits per heavy atom. The Kier molecular flexibility index (Phi) is 10.4. The van der Waals surface area contributed by atoms with Crippen LogP contribution in [0.5, 0.6) is 5.75 Å². The molecule has 0 saturated heterocycles. The van der Waals surface area contributed by atoms with Crippen molar-refractivity contribution in [2.75, 3.05) is 12.3 Å². The van der Waals surface area contributed by atoms with E-state index in [1.54, 1.807) is 12.1 Å². The molecule has 3 unspecified atom stereocenters. The quantitative estimate of drug-likeness (QED) is 0.199. The number of carbonyl (C=O) groups is 4. The van der Waals surface area contributed by atoms with Crippen LogP contribution in [0.15, 0.2) is 54.6 Å². The van der Waals surface area contributed by atoms with Gasteiger partial charge in [-0.05, 0) is 29.7 Å². The molecule has 11 heteroatoms. The van der Waals surface area contributed by atoms with Crippen molar-refractivity contribution in [3.05, 3.63) is 65.7 Å². The van der Waals surface area contributed by atoms with Crippen LogP contribution >= 0.6 is 12.6 Å². The number of aromatic hydroxyl groups is 1. The van der Waals surface area contributed by atoms with Gasteiger partial charge in [-0.25, -0.2) is 0 Å². The van der Waals surface area contributed by atoms with E-state index in [0.29, 0.717) is 5.56 Å². The summed E-state index contributed by atoms with van der Waals surface area (Å²) in [4.78, 5) is 48.7. The van der Waals surface area contributed by atoms with Gasteiger partial charge < -0.3 is 31.9 Å². The van der Waals surface area contributed by atoms with E-state index in [1.807, 2.05) is 30.3 Å². The van der Waals surface area contributed by atoms with Crippen LogP contribution in [0.2, 0.25) is 0 Å². The number of aliphatic carboxylic acids is 1. The van der Waals surface area contributed by atoms with Crippen molar-refractivity contribution in [3.8, 4) is 5.75 Å². The minimum atomic E-state index is -1.24. The monoisotopic (exact) mass is 488 g/mol. The highest BCUT2D eigenvalue weighted by molar-refractivity contribution is 7.80. The number of nitrogens with two attached hydrogens (primary N) is 1. The van der Waals surface area contributed by atoms with E-state index < -0.39 is 48.4 Å². The van der Waals surface area contributed by atoms with E-state index in [1.165, 1.54) is 12.1 Å². The molecule has 7 N–H and O–H groups in total. The zero-order valence-corrected chi connectivity index (χ0v) is 19.2. The number of carboxylic acid groups (broad SMARTS) is 1. The first-order valence-electron chi connectivity index (χ1n) is 10.5. The second kappa shape index (κ2) is 13.2. The van der Waals surface area contributed by atoms with Gasteiger partial charge in [-0.3, -0.25) is 19.2 Å². The number of amides is 3. The number of carboxylic acids is 1. The Morgan fingerprint density at radius 1 is 0.824 bits per heavy atom. The number of nitrogens with one attached hydrogen (secondary N) is 3. The molecule has 3 amide bonds. The van der Waals surface area contributed by atoms with Crippen molar-refractivity contribution >= 4 is 36.3 Å². The molecular formula is C23H28N4O6S. The molecule has 0 radical (unpaired) electrons. The molecule has 34 heavy (non-hydrogen) atoms. The zero-order chi connectivity index (χ0) is 25.1. The number of hydrogen-bond acceptors (Lipinski definition) is 7. The maximum Gasteiger partial charge on any atom is 0.322 e. The van der Waals surface area contributed by atoms with Crippen LogP contribution in [-0.2, 0) is 32.0 Å². The summed E-state index contributed by atoms with van der Waals surface area (Å²) in [5, 5.41) is 25.6. The summed E-state index contributed by atoms with van der Waals surface area (Å²) in [6.07, 6.45) is 0.298. The molecule has 0 aromatic heterocycles. The van der Waals surface area contributed by atoms with Crippen molar-refractivity contribution in [1.29, 1.82) is 0 Å². The van der Waals surface area contributed by atoms with Crippen LogP contribution in [0.4, 0.5) is 0 Å². The van der Waals surface area contributed by atoms with Gasteiger partial charge >= 0.3 is 5.97 Å². The lowest BCUT2D eigenvalue weighted by molar-refractivity contribution is -0.138. The smallest absolute Gasteiger partial charge is 0.322 e. The second-order valence-corrected chi connectivity index (χ2v) is 7.95. The summed E-state index contributed by atoms with van der Waals surface area (Å²) in [5.74, 6) is -3.21. The predicted molar refractivity (Wildman–Crippen MR) is 128 cm³/mol. The molecular weight excluding hydrogens is 460 g/mol. The Hall–Kier alpha value is -3.57. The summed E-state index contributed by atoms with van der Waals surface area (Å²) < 4.78 is 0. The van der Waals surface area contributed by atoms with E-state index in [4.69, 9.17) is 10.8 Å². The highest BCUT2D eigenvalue weighted by Gasteiger charge is 2.28. The molecule has 182 valence electrons. The van der Waals surface area contributed by atoms with Crippen molar-refractivity contribution < 1.29 is 29.4 Å². The first-order chi connectivity index (χ1) is 16.2. The fourth-order valence-corrected chi connectivity index (χ4v) is 3.33. The van der Waals surface area contributed by atoms with Crippen LogP contribution < -0.4 is 21.7 Å². The van der Waals surface area contributed by atoms with Crippen LogP contribution in [0, 0.1) is 0 Å². The van der Waals surface area contributed by atoms with E-state index in [-0.39, 0.29) is 24.3 Å². The third-order valence-electron chi connectivity index (χ3n) is 4.87. The third-order valence-corrected chi connectivity index (χ3v) is 5.24. The van der Waals surface area contributed by atoms with Gasteiger partial charge in [0.1, 0.15) is 24.4 Å². The summed E-state index contributed by atoms with van der Waals surface area (Å²) in [5.41, 5.74) is 7.45. The van der Waals surface area contributed by atoms with Gasteiger partial charge in [0, 0.05) is 12.2 Å². The molecule has 0 aliphatic rings. The molecule has 0 spiro atoms. The van der Waals surface area contributed by atoms with Gasteiger partial charge in [-0.2, -0.15) is 12.6 Å². The van der Waals surface area contributed by atoms with Crippen LogP contribution in [0.1, 0.15) is 11.1 Å². The summed E-state index contributed by atoms with van der Waals surface area (Å²) in [6.45, 7) is -0.623. The number of phenols is 1. The van der Waals surface area contributed by atoms with Gasteiger partial charge in [0.05, 0.1) is 6.04 Å². The number of hydrogen-bond donors (Lipinski definition) is 7. The third kappa shape index (κ3) is 8.75. The molecule has 0 aliphatic heterocycles. The Morgan fingerprint density at radius 2 is 1.41 bits per heavy atom. The maximum absolute atomic E-state index is 12.8. The summed E-state index contributed by atoms with van der Waals surface area (Å²) in [7, 11) is 0. The molecule has 0 aliphatic carbocycles. The standard InChI is InChI=1S/C23H28N4O6S/c24-17(10-14-4-2-1-3-5-14)21(31)27-19(13-34)23(33)26-18(22(32)25-12-20(29)30)11-15-6-8-16(28)9-7-15/h1-9,17-19,28,34H,10-13,24H2,(H,25,32)(H,26,33)(H,27,31)(H,29,30). The molecule has 0 saturated carbocycles. The lowest BCUT2D eigenvalue weighted by Gasteiger charge is -2.23. The molecule has 10 nitrogen and oxygen atoms in total. The van der Waals surface area contributed by atoms with Crippen molar-refractivity contribution in [2.24, 2.45) is 5.73 Å². The molecule has 2 aromatic rings. The SMILES string of the molecule is NC(Cc1ccccc1)C(=O)NC(CS)C(=O)NC(Cc1ccc(O)cc1)C(=O)NCC(=O)O. The van der Waals surface area contributed by atoms with Crippen molar-refractivity contribution in [1.82, 2.24) is 16.0 Å². The number of carbonyl (C=O) groups excluding carboxylic acids is 3. The maximum atomic E-state index is 12.8. The fourth-order valence-electron chi connectivity index (χ4n) is 3.07. The summed E-state index contributed by atoms with van der Waals surface area (Å²) in [6, 6.07) is 12.0. The number of rotatable bonds is 12. The predicted octanol–water partition coefficient (Wildman–Crippen LogP) is -0.395. The van der Waals surface area contributed by atoms with Gasteiger partial charge in [-0.15, -0.1) is 0 Å². The van der Waals surface area contributed by atoms with Crippen LogP contribution in [-0.4, -0.2) is 64.3 Å². The Labute approximate surface area is 202 Å². The average Bonchev–Trinajstić information content (AvgIpc) is 2.82. The minimum Gasteiger partial charge on any atom is -0.508 e. The number of benzene rings is 2. The van der Waals surface area contributed by atoms with E-state index >= 15 is 0 Å². The number of thiol groups is 1. The lowest BCUT2D eigenvalue weighted by atomic mass is 10.0. The first kappa shape index (κ1) is 26.7. The minimum absolute atomic E-state index is 0.0260. The molecule has 2 aromatic carbocycles. The molecule has 0 fully saturated rings. The molecule has 0 bridgehead atoms. The highest BCUT2D eigenvalue weighted by Crippen LogP contribution is 2.12. The van der Waals surface area contributed by atoms with Gasteiger partial charge in [0.25, 0.3) is 0 Å². The zero-order valence-electron chi connectivity index (χ0n) is 18.3. The van der Waals surface area contributed by atoms with E-state index in [0.717, 1.165) is 5.56 Å². The largest absolute Gasteiger partial charge is 0.508 e. The van der Waals surface area contributed by atoms with Gasteiger partial charge in [0.15, 0.2) is 0 Å². The fraction of sp³-hybridized carbons (Fsp3) is 0.304. The normalized spacial score (nSPS) is 13.2. The first-order valence-corrected chi connectivity index (χ1v) is 11.1. The summed E-state index contributed by atoms with van der Waals surface area (Å²) >= 11 is 4.13. The Balaban J connectivity index is 2.05. The van der Waals surface area contributed by atoms with Crippen LogP contribution in [0.3, 0.4) is 0 Å². The van der Waals surface area contributed by atoms with Crippen molar-refractivity contribution in [2.45, 2.75) is 31.0 Å². The molecule has 2 rings (SSSR count). The molecule has 0 heterocycles. The van der Waals surface area contributed by atoms with Gasteiger partial charge in [0.2, 0.25) is 17.7 Å².